The number of aliphatic imine (C=N–C) groups is 1. The summed E-state index contributed by atoms with van der Waals surface area (Å²) in [5.41, 5.74) is 8.78. The number of anilines is 3. The molecule has 1 atom stereocenters. The highest BCUT2D eigenvalue weighted by molar-refractivity contribution is 6.29. The van der Waals surface area contributed by atoms with E-state index in [2.05, 4.69) is 20.6 Å². The van der Waals surface area contributed by atoms with Crippen molar-refractivity contribution in [3.05, 3.63) is 95.0 Å². The number of nitrogens with zero attached hydrogens (tertiary/aromatic N) is 6. The molecule has 11 nitrogen and oxygen atoms in total. The molecule has 1 aliphatic rings. The van der Waals surface area contributed by atoms with Crippen LogP contribution in [0.1, 0.15) is 11.1 Å². The number of aromatic nitrogens is 3. The smallest absolute Gasteiger partial charge is 0.247 e. The Kier molecular flexibility index (Phi) is 8.25. The molecule has 3 N–H and O–H groups in total. The van der Waals surface area contributed by atoms with E-state index in [0.29, 0.717) is 22.6 Å². The van der Waals surface area contributed by atoms with Crippen molar-refractivity contribution in [2.75, 3.05) is 36.1 Å². The van der Waals surface area contributed by atoms with Gasteiger partial charge in [-0.3, -0.25) is 24.3 Å². The Balaban J connectivity index is 1.44. The number of halogens is 2. The first kappa shape index (κ1) is 28.4. The molecule has 0 spiro atoms. The van der Waals surface area contributed by atoms with Gasteiger partial charge in [0, 0.05) is 36.6 Å². The van der Waals surface area contributed by atoms with E-state index in [4.69, 9.17) is 17.3 Å². The lowest BCUT2D eigenvalue weighted by atomic mass is 10.0. The summed E-state index contributed by atoms with van der Waals surface area (Å²) in [6.45, 7) is -0.831. The Labute approximate surface area is 245 Å². The number of rotatable bonds is 8. The van der Waals surface area contributed by atoms with E-state index in [1.165, 1.54) is 32.8 Å². The molecule has 0 saturated carbocycles. The highest BCUT2D eigenvalue weighted by atomic mass is 35.5. The third-order valence-corrected chi connectivity index (χ3v) is 6.91. The minimum absolute atomic E-state index is 0.0995. The van der Waals surface area contributed by atoms with Crippen LogP contribution < -0.4 is 16.0 Å². The summed E-state index contributed by atoms with van der Waals surface area (Å²) in [7, 11) is 1.61. The number of carbonyl (C=O) groups excluding carboxylic acids is 3. The van der Waals surface area contributed by atoms with Crippen LogP contribution in [-0.4, -0.2) is 70.0 Å². The first-order chi connectivity index (χ1) is 20.2. The molecule has 1 aliphatic heterocycles. The lowest BCUT2D eigenvalue weighted by molar-refractivity contribution is -0.143. The van der Waals surface area contributed by atoms with Crippen LogP contribution in [0.25, 0.3) is 5.69 Å². The van der Waals surface area contributed by atoms with Crippen LogP contribution in [-0.2, 0) is 20.8 Å². The van der Waals surface area contributed by atoms with Crippen molar-refractivity contribution in [2.45, 2.75) is 12.5 Å². The van der Waals surface area contributed by atoms with Gasteiger partial charge in [0.15, 0.2) is 5.15 Å². The molecule has 2 heterocycles. The molecule has 0 bridgehead atoms. The van der Waals surface area contributed by atoms with Crippen molar-refractivity contribution in [3.63, 3.8) is 0 Å². The van der Waals surface area contributed by atoms with Crippen LogP contribution in [0.4, 0.5) is 21.5 Å². The number of amides is 3. The highest BCUT2D eigenvalue weighted by Gasteiger charge is 2.39. The third kappa shape index (κ3) is 6.13. The van der Waals surface area contributed by atoms with E-state index < -0.39 is 42.7 Å². The number of hydrogen-bond acceptors (Lipinski definition) is 7. The van der Waals surface area contributed by atoms with Gasteiger partial charge < -0.3 is 16.0 Å². The molecule has 13 heteroatoms. The minimum atomic E-state index is -1.02. The van der Waals surface area contributed by atoms with Crippen LogP contribution >= 0.6 is 11.6 Å². The van der Waals surface area contributed by atoms with E-state index in [1.54, 1.807) is 31.5 Å². The zero-order valence-electron chi connectivity index (χ0n) is 22.4. The summed E-state index contributed by atoms with van der Waals surface area (Å²) in [5, 5.41) is 10.6. The quantitative estimate of drug-likeness (QED) is 0.240. The van der Waals surface area contributed by atoms with Gasteiger partial charge in [0.2, 0.25) is 17.7 Å². The Hall–Kier alpha value is -5.10. The van der Waals surface area contributed by atoms with Crippen molar-refractivity contribution in [3.8, 4) is 5.69 Å². The van der Waals surface area contributed by atoms with Crippen molar-refractivity contribution >= 4 is 52.6 Å². The number of carbonyl (C=O) groups is 3. The fourth-order valence-corrected chi connectivity index (χ4v) is 4.84. The van der Waals surface area contributed by atoms with E-state index in [1.807, 2.05) is 30.3 Å². The summed E-state index contributed by atoms with van der Waals surface area (Å²) in [4.78, 5) is 47.2. The molecular formula is C29H26ClFN8O3. The monoisotopic (exact) mass is 588 g/mol. The van der Waals surface area contributed by atoms with Crippen molar-refractivity contribution in [1.82, 2.24) is 19.9 Å². The Bertz CT molecular complexity index is 1680. The topological polar surface area (TPSA) is 139 Å². The molecule has 4 aromatic rings. The molecule has 1 unspecified atom stereocenters. The van der Waals surface area contributed by atoms with Gasteiger partial charge in [0.1, 0.15) is 24.9 Å². The van der Waals surface area contributed by atoms with Crippen LogP contribution in [0.3, 0.4) is 0 Å². The minimum Gasteiger partial charge on any atom is -0.398 e. The molecule has 1 aromatic heterocycles. The van der Waals surface area contributed by atoms with Gasteiger partial charge in [-0.1, -0.05) is 47.1 Å². The van der Waals surface area contributed by atoms with Crippen LogP contribution in [0.15, 0.2) is 77.9 Å². The second kappa shape index (κ2) is 12.2. The van der Waals surface area contributed by atoms with Gasteiger partial charge >= 0.3 is 0 Å². The Morgan fingerprint density at radius 1 is 1.10 bits per heavy atom. The molecule has 3 amide bonds. The molecule has 5 rings (SSSR count). The average molecular weight is 589 g/mol. The van der Waals surface area contributed by atoms with Gasteiger partial charge in [-0.05, 0) is 42.0 Å². The van der Waals surface area contributed by atoms with E-state index >= 15 is 0 Å². The number of hydrogen-bond donors (Lipinski definition) is 2. The van der Waals surface area contributed by atoms with Gasteiger partial charge in [-0.2, -0.15) is 0 Å². The van der Waals surface area contributed by atoms with Gasteiger partial charge in [-0.25, -0.2) is 9.07 Å². The maximum absolute atomic E-state index is 14.3. The molecule has 3 aromatic carbocycles. The standard InChI is InChI=1S/C29H26ClFN8O3/c1-33-14-19-12-21(8-9-22(19)32)34-29(42)25(11-18-5-3-2-4-6-18)38-17-27(40)37(16-28(38)41)24-13-20(31)7-10-23(24)39-15-26(30)35-36-39/h2-10,12-15,25H,11,16-17,32H2,1H3,(H,34,42). The molecule has 0 aliphatic carbocycles. The lowest BCUT2D eigenvalue weighted by Crippen LogP contribution is -2.60. The Morgan fingerprint density at radius 2 is 1.88 bits per heavy atom. The lowest BCUT2D eigenvalue weighted by Gasteiger charge is -2.38. The first-order valence-corrected chi connectivity index (χ1v) is 13.3. The largest absolute Gasteiger partial charge is 0.398 e. The zero-order valence-corrected chi connectivity index (χ0v) is 23.2. The summed E-state index contributed by atoms with van der Waals surface area (Å²) >= 11 is 5.91. The molecule has 1 saturated heterocycles. The van der Waals surface area contributed by atoms with Crippen molar-refractivity contribution < 1.29 is 18.8 Å². The maximum Gasteiger partial charge on any atom is 0.247 e. The zero-order chi connectivity index (χ0) is 29.8. The number of nitrogen functional groups attached to an aromatic ring is 1. The number of piperazine rings is 1. The predicted molar refractivity (Wildman–Crippen MR) is 157 cm³/mol. The van der Waals surface area contributed by atoms with Crippen LogP contribution in [0.2, 0.25) is 5.15 Å². The molecule has 0 radical (unpaired) electrons. The van der Waals surface area contributed by atoms with Crippen molar-refractivity contribution in [1.29, 1.82) is 0 Å². The van der Waals surface area contributed by atoms with E-state index in [-0.39, 0.29) is 17.3 Å². The SMILES string of the molecule is CN=Cc1cc(NC(=O)C(Cc2ccccc2)N2CC(=O)N(c3cc(F)ccc3-n3cc(Cl)nn3)CC2=O)ccc1N. The number of benzene rings is 3. The molecule has 214 valence electrons. The van der Waals surface area contributed by atoms with Gasteiger partial charge in [0.05, 0.1) is 17.6 Å². The number of nitrogens with two attached hydrogens (primary N) is 1. The summed E-state index contributed by atoms with van der Waals surface area (Å²) in [6, 6.07) is 16.9. The normalized spacial score (nSPS) is 14.5. The first-order valence-electron chi connectivity index (χ1n) is 12.9. The van der Waals surface area contributed by atoms with E-state index in [0.717, 1.165) is 11.6 Å². The summed E-state index contributed by atoms with van der Waals surface area (Å²) in [5.74, 6) is -2.10. The van der Waals surface area contributed by atoms with E-state index in [9.17, 15) is 18.8 Å². The Morgan fingerprint density at radius 3 is 2.60 bits per heavy atom. The van der Waals surface area contributed by atoms with Gasteiger partial charge in [0.25, 0.3) is 0 Å². The second-order valence-corrected chi connectivity index (χ2v) is 9.93. The summed E-state index contributed by atoms with van der Waals surface area (Å²) < 4.78 is 15.6. The highest BCUT2D eigenvalue weighted by Crippen LogP contribution is 2.29. The van der Waals surface area contributed by atoms with Gasteiger partial charge in [-0.15, -0.1) is 5.10 Å². The van der Waals surface area contributed by atoms with Crippen LogP contribution in [0.5, 0.6) is 0 Å². The third-order valence-electron chi connectivity index (χ3n) is 6.73. The average Bonchev–Trinajstić information content (AvgIpc) is 3.41. The van der Waals surface area contributed by atoms with Crippen molar-refractivity contribution in [2.24, 2.45) is 4.99 Å². The fourth-order valence-electron chi connectivity index (χ4n) is 4.72. The summed E-state index contributed by atoms with van der Waals surface area (Å²) in [6.07, 6.45) is 3.13. The molecular weight excluding hydrogens is 563 g/mol. The van der Waals surface area contributed by atoms with Crippen LogP contribution in [0, 0.1) is 5.82 Å². The second-order valence-electron chi connectivity index (χ2n) is 9.55. The number of nitrogens with one attached hydrogen (secondary N) is 1. The predicted octanol–water partition coefficient (Wildman–Crippen LogP) is 3.12. The fraction of sp³-hybridized carbons (Fsp3) is 0.172. The molecule has 42 heavy (non-hydrogen) atoms. The molecule has 1 fully saturated rings. The maximum atomic E-state index is 14.3.